The molecule has 108 valence electrons. The minimum absolute atomic E-state index is 0.0444. The number of nitrogens with two attached hydrogens (primary N) is 2. The van der Waals surface area contributed by atoms with Crippen molar-refractivity contribution >= 4 is 23.6 Å². The fraction of sp³-hybridized carbons (Fsp3) is 0.600. The van der Waals surface area contributed by atoms with E-state index < -0.39 is 23.8 Å². The Morgan fingerprint density at radius 3 is 2.00 bits per heavy atom. The zero-order valence-electron chi connectivity index (χ0n) is 10.7. The number of carbonyl (C=O) groups excluding carboxylic acids is 4. The van der Waals surface area contributed by atoms with Crippen LogP contribution in [0, 0.1) is 0 Å². The quantitative estimate of drug-likeness (QED) is 0.295. The van der Waals surface area contributed by atoms with Crippen molar-refractivity contribution in [3.63, 3.8) is 0 Å². The highest BCUT2D eigenvalue weighted by atomic mass is 16.2. The van der Waals surface area contributed by atoms with Gasteiger partial charge >= 0.3 is 0 Å². The third-order valence-corrected chi connectivity index (χ3v) is 2.22. The Kier molecular flexibility index (Phi) is 7.85. The Morgan fingerprint density at radius 2 is 1.53 bits per heavy atom. The van der Waals surface area contributed by atoms with Crippen LogP contribution in [0.2, 0.25) is 0 Å². The van der Waals surface area contributed by atoms with Crippen LogP contribution >= 0.6 is 0 Å². The van der Waals surface area contributed by atoms with E-state index in [1.165, 1.54) is 0 Å². The number of hydrogen-bond donors (Lipinski definition) is 5. The second-order valence-corrected chi connectivity index (χ2v) is 3.81. The van der Waals surface area contributed by atoms with Crippen LogP contribution in [0.4, 0.5) is 0 Å². The predicted molar refractivity (Wildman–Crippen MR) is 66.5 cm³/mol. The van der Waals surface area contributed by atoms with Gasteiger partial charge in [-0.3, -0.25) is 19.2 Å². The van der Waals surface area contributed by atoms with E-state index in [2.05, 4.69) is 16.0 Å². The van der Waals surface area contributed by atoms with Crippen molar-refractivity contribution in [2.75, 3.05) is 20.1 Å². The lowest BCUT2D eigenvalue weighted by Crippen LogP contribution is -2.46. The molecule has 4 amide bonds. The monoisotopic (exact) mass is 273 g/mol. The molecule has 1 atom stereocenters. The summed E-state index contributed by atoms with van der Waals surface area (Å²) in [5.74, 6) is -2.11. The smallest absolute Gasteiger partial charge is 0.237 e. The summed E-state index contributed by atoms with van der Waals surface area (Å²) in [7, 11) is 1.55. The van der Waals surface area contributed by atoms with Gasteiger partial charge in [0.1, 0.15) is 0 Å². The first-order valence-corrected chi connectivity index (χ1v) is 5.65. The van der Waals surface area contributed by atoms with Crippen LogP contribution in [0.1, 0.15) is 12.8 Å². The van der Waals surface area contributed by atoms with Crippen LogP contribution in [0.25, 0.3) is 0 Å². The zero-order chi connectivity index (χ0) is 14.8. The summed E-state index contributed by atoms with van der Waals surface area (Å²) in [5, 5.41) is 7.34. The van der Waals surface area contributed by atoms with E-state index >= 15 is 0 Å². The molecule has 0 saturated heterocycles. The summed E-state index contributed by atoms with van der Waals surface area (Å²) < 4.78 is 0. The van der Waals surface area contributed by atoms with Crippen LogP contribution in [0.3, 0.4) is 0 Å². The van der Waals surface area contributed by atoms with Gasteiger partial charge in [0.2, 0.25) is 23.6 Å². The molecule has 0 radical (unpaired) electrons. The van der Waals surface area contributed by atoms with Gasteiger partial charge in [-0.05, 0) is 13.5 Å². The van der Waals surface area contributed by atoms with Crippen LogP contribution < -0.4 is 27.4 Å². The molecular weight excluding hydrogens is 254 g/mol. The molecule has 0 heterocycles. The molecule has 0 unspecified atom stereocenters. The van der Waals surface area contributed by atoms with Gasteiger partial charge < -0.3 is 27.4 Å². The van der Waals surface area contributed by atoms with Crippen molar-refractivity contribution in [1.82, 2.24) is 16.0 Å². The molecule has 0 bridgehead atoms. The van der Waals surface area contributed by atoms with Crippen LogP contribution in [0.5, 0.6) is 0 Å². The fourth-order valence-electron chi connectivity index (χ4n) is 1.25. The van der Waals surface area contributed by atoms with Crippen molar-refractivity contribution in [2.45, 2.75) is 18.9 Å². The molecule has 0 aliphatic rings. The topological polar surface area (TPSA) is 156 Å². The van der Waals surface area contributed by atoms with Crippen molar-refractivity contribution in [2.24, 2.45) is 11.5 Å². The SMILES string of the molecule is CN[C@@H](CCC(=O)NCC(N)=O)C(=O)NCC(N)=O. The van der Waals surface area contributed by atoms with Gasteiger partial charge in [-0.2, -0.15) is 0 Å². The summed E-state index contributed by atoms with van der Waals surface area (Å²) >= 11 is 0. The third-order valence-electron chi connectivity index (χ3n) is 2.22. The molecule has 0 fully saturated rings. The molecule has 0 aromatic heterocycles. The van der Waals surface area contributed by atoms with Crippen LogP contribution in [0.15, 0.2) is 0 Å². The minimum Gasteiger partial charge on any atom is -0.368 e. The predicted octanol–water partition coefficient (Wildman–Crippen LogP) is -3.44. The second kappa shape index (κ2) is 8.86. The number of carbonyl (C=O) groups is 4. The van der Waals surface area contributed by atoms with Gasteiger partial charge in [0.15, 0.2) is 0 Å². The first kappa shape index (κ1) is 16.8. The molecular formula is C10H19N5O4. The highest BCUT2D eigenvalue weighted by molar-refractivity contribution is 5.87. The lowest BCUT2D eigenvalue weighted by Gasteiger charge is -2.15. The number of primary amides is 2. The molecule has 0 rings (SSSR count). The Labute approximate surface area is 110 Å². The number of amides is 4. The molecule has 7 N–H and O–H groups in total. The molecule has 0 aromatic carbocycles. The maximum absolute atomic E-state index is 11.6. The van der Waals surface area contributed by atoms with Gasteiger partial charge in [-0.15, -0.1) is 0 Å². The Hall–Kier alpha value is -2.16. The van der Waals surface area contributed by atoms with E-state index in [0.717, 1.165) is 0 Å². The van der Waals surface area contributed by atoms with Gasteiger partial charge in [-0.1, -0.05) is 0 Å². The molecule has 0 aliphatic heterocycles. The molecule has 9 nitrogen and oxygen atoms in total. The Bertz CT molecular complexity index is 358. The molecule has 0 saturated carbocycles. The van der Waals surface area contributed by atoms with Gasteiger partial charge in [0.05, 0.1) is 19.1 Å². The van der Waals surface area contributed by atoms with Crippen LogP contribution in [-0.2, 0) is 19.2 Å². The summed E-state index contributed by atoms with van der Waals surface area (Å²) in [6, 6.07) is -0.626. The Morgan fingerprint density at radius 1 is 1.00 bits per heavy atom. The number of rotatable bonds is 9. The normalized spacial score (nSPS) is 11.4. The zero-order valence-corrected chi connectivity index (χ0v) is 10.7. The van der Waals surface area contributed by atoms with Gasteiger partial charge in [0.25, 0.3) is 0 Å². The highest BCUT2D eigenvalue weighted by Crippen LogP contribution is 1.97. The largest absolute Gasteiger partial charge is 0.368 e. The lowest BCUT2D eigenvalue weighted by atomic mass is 10.1. The summed E-state index contributed by atoms with van der Waals surface area (Å²) in [6.07, 6.45) is 0.258. The highest BCUT2D eigenvalue weighted by Gasteiger charge is 2.17. The van der Waals surface area contributed by atoms with Crippen molar-refractivity contribution in [1.29, 1.82) is 0 Å². The van der Waals surface area contributed by atoms with E-state index in [0.29, 0.717) is 0 Å². The van der Waals surface area contributed by atoms with Crippen molar-refractivity contribution in [3.8, 4) is 0 Å². The molecule has 0 spiro atoms. The standard InChI is InChI=1S/C10H19N5O4/c1-13-6(10(19)15-5-8(12)17)2-3-9(18)14-4-7(11)16/h6,13H,2-5H2,1H3,(H2,11,16)(H2,12,17)(H,14,18)(H,15,19)/t6-/m0/s1. The van der Waals surface area contributed by atoms with E-state index in [9.17, 15) is 19.2 Å². The number of likely N-dealkylation sites (N-methyl/N-ethyl adjacent to an activating group) is 1. The average Bonchev–Trinajstić information content (AvgIpc) is 2.34. The van der Waals surface area contributed by atoms with Gasteiger partial charge in [0, 0.05) is 6.42 Å². The molecule has 9 heteroatoms. The third kappa shape index (κ3) is 8.55. The maximum atomic E-state index is 11.6. The van der Waals surface area contributed by atoms with Crippen molar-refractivity contribution in [3.05, 3.63) is 0 Å². The van der Waals surface area contributed by atoms with E-state index in [-0.39, 0.29) is 31.8 Å². The summed E-state index contributed by atoms with van der Waals surface area (Å²) in [6.45, 7) is -0.498. The second-order valence-electron chi connectivity index (χ2n) is 3.81. The van der Waals surface area contributed by atoms with Crippen LogP contribution in [-0.4, -0.2) is 49.8 Å². The lowest BCUT2D eigenvalue weighted by molar-refractivity contribution is -0.127. The average molecular weight is 273 g/mol. The van der Waals surface area contributed by atoms with E-state index in [1.54, 1.807) is 7.05 Å². The van der Waals surface area contributed by atoms with Crippen molar-refractivity contribution < 1.29 is 19.2 Å². The first-order valence-electron chi connectivity index (χ1n) is 5.65. The van der Waals surface area contributed by atoms with E-state index in [1.807, 2.05) is 0 Å². The molecule has 19 heavy (non-hydrogen) atoms. The van der Waals surface area contributed by atoms with Gasteiger partial charge in [-0.25, -0.2) is 0 Å². The molecule has 0 aliphatic carbocycles. The maximum Gasteiger partial charge on any atom is 0.237 e. The number of hydrogen-bond acceptors (Lipinski definition) is 5. The minimum atomic E-state index is -0.651. The van der Waals surface area contributed by atoms with E-state index in [4.69, 9.17) is 11.5 Å². The fourth-order valence-corrected chi connectivity index (χ4v) is 1.25. The summed E-state index contributed by atoms with van der Waals surface area (Å²) in [4.78, 5) is 43.8. The Balaban J connectivity index is 4.04. The molecule has 0 aromatic rings. The number of nitrogens with one attached hydrogen (secondary N) is 3. The summed E-state index contributed by atoms with van der Waals surface area (Å²) in [5.41, 5.74) is 9.76. The first-order chi connectivity index (χ1) is 8.86.